The number of hydrogen-bond acceptors (Lipinski definition) is 3. The van der Waals surface area contributed by atoms with E-state index in [4.69, 9.17) is 0 Å². The van der Waals surface area contributed by atoms with Crippen molar-refractivity contribution in [2.75, 3.05) is 6.54 Å². The van der Waals surface area contributed by atoms with Crippen LogP contribution in [0.4, 0.5) is 4.79 Å². The number of aromatic nitrogens is 3. The van der Waals surface area contributed by atoms with Gasteiger partial charge in [0.2, 0.25) is 0 Å². The highest BCUT2D eigenvalue weighted by Gasteiger charge is 2.38. The van der Waals surface area contributed by atoms with E-state index in [0.29, 0.717) is 13.1 Å². The number of carbonyl (C=O) groups is 1. The zero-order valence-corrected chi connectivity index (χ0v) is 16.8. The standard InChI is InChI=1S/C22H25N5O/c1-15-10-17(14-25-13-16(2)26(21(25)28)22(3,4)5)12-18(11-15)27-23-19-8-6-7-9-20(19)24-27/h6-12H,2,13-14H2,1,3-5H3. The number of carbonyl (C=O) groups excluding carboxylic acids is 1. The van der Waals surface area contributed by atoms with Crippen molar-refractivity contribution in [3.8, 4) is 5.69 Å². The minimum atomic E-state index is -0.278. The molecule has 0 spiro atoms. The lowest BCUT2D eigenvalue weighted by Crippen LogP contribution is -2.43. The van der Waals surface area contributed by atoms with Crippen molar-refractivity contribution < 1.29 is 4.79 Å². The first-order chi connectivity index (χ1) is 13.2. The molecule has 1 fully saturated rings. The van der Waals surface area contributed by atoms with E-state index in [1.54, 1.807) is 9.70 Å². The average molecular weight is 375 g/mol. The molecule has 0 aliphatic carbocycles. The molecule has 1 saturated heterocycles. The number of benzene rings is 2. The number of hydrogen-bond donors (Lipinski definition) is 0. The Bertz CT molecular complexity index is 1040. The second-order valence-electron chi connectivity index (χ2n) is 8.37. The fourth-order valence-electron chi connectivity index (χ4n) is 3.76. The van der Waals surface area contributed by atoms with Crippen molar-refractivity contribution in [3.05, 3.63) is 65.9 Å². The van der Waals surface area contributed by atoms with Crippen LogP contribution in [0.15, 0.2) is 54.7 Å². The van der Waals surface area contributed by atoms with E-state index < -0.39 is 0 Å². The summed E-state index contributed by atoms with van der Waals surface area (Å²) in [4.78, 5) is 18.2. The van der Waals surface area contributed by atoms with E-state index in [0.717, 1.165) is 33.5 Å². The molecule has 28 heavy (non-hydrogen) atoms. The van der Waals surface area contributed by atoms with Gasteiger partial charge in [-0.3, -0.25) is 4.90 Å². The predicted octanol–water partition coefficient (Wildman–Crippen LogP) is 4.28. The van der Waals surface area contributed by atoms with Gasteiger partial charge >= 0.3 is 6.03 Å². The molecule has 1 aliphatic rings. The van der Waals surface area contributed by atoms with Gasteiger partial charge in [0.15, 0.2) is 0 Å². The van der Waals surface area contributed by atoms with Gasteiger partial charge in [0.1, 0.15) is 11.0 Å². The van der Waals surface area contributed by atoms with Crippen LogP contribution in [0.5, 0.6) is 0 Å². The van der Waals surface area contributed by atoms with Gasteiger partial charge in [-0.05, 0) is 63.1 Å². The number of rotatable bonds is 3. The normalized spacial score (nSPS) is 15.1. The average Bonchev–Trinajstić information content (AvgIpc) is 3.15. The first-order valence-electron chi connectivity index (χ1n) is 9.42. The summed E-state index contributed by atoms with van der Waals surface area (Å²) in [5.74, 6) is 0. The highest BCUT2D eigenvalue weighted by molar-refractivity contribution is 5.80. The lowest BCUT2D eigenvalue weighted by Gasteiger charge is -2.32. The molecule has 0 N–H and O–H groups in total. The van der Waals surface area contributed by atoms with Crippen LogP contribution >= 0.6 is 0 Å². The van der Waals surface area contributed by atoms with Crippen LogP contribution in [0, 0.1) is 6.92 Å². The van der Waals surface area contributed by atoms with Gasteiger partial charge < -0.3 is 4.90 Å². The topological polar surface area (TPSA) is 54.3 Å². The van der Waals surface area contributed by atoms with Crippen LogP contribution in [0.25, 0.3) is 16.7 Å². The smallest absolute Gasteiger partial charge is 0.314 e. The highest BCUT2D eigenvalue weighted by Crippen LogP contribution is 2.28. The fourth-order valence-corrected chi connectivity index (χ4v) is 3.76. The lowest BCUT2D eigenvalue weighted by molar-refractivity contribution is 0.164. The van der Waals surface area contributed by atoms with Crippen molar-refractivity contribution >= 4 is 17.1 Å². The summed E-state index contributed by atoms with van der Waals surface area (Å²) in [6.45, 7) is 13.3. The minimum absolute atomic E-state index is 0.00325. The van der Waals surface area contributed by atoms with Gasteiger partial charge in [-0.15, -0.1) is 10.2 Å². The van der Waals surface area contributed by atoms with Crippen LogP contribution in [-0.4, -0.2) is 42.9 Å². The highest BCUT2D eigenvalue weighted by atomic mass is 16.2. The lowest BCUT2D eigenvalue weighted by atomic mass is 10.1. The van der Waals surface area contributed by atoms with Crippen molar-refractivity contribution in [1.82, 2.24) is 24.8 Å². The van der Waals surface area contributed by atoms with E-state index in [1.807, 2.05) is 62.9 Å². The Morgan fingerprint density at radius 1 is 1.07 bits per heavy atom. The largest absolute Gasteiger partial charge is 0.325 e. The Balaban J connectivity index is 1.63. The van der Waals surface area contributed by atoms with Crippen molar-refractivity contribution in [2.24, 2.45) is 0 Å². The number of aryl methyl sites for hydroxylation is 1. The van der Waals surface area contributed by atoms with Gasteiger partial charge in [0.05, 0.1) is 12.2 Å². The second kappa shape index (κ2) is 6.48. The van der Waals surface area contributed by atoms with E-state index in [-0.39, 0.29) is 11.6 Å². The number of nitrogens with zero attached hydrogens (tertiary/aromatic N) is 5. The molecule has 1 aliphatic heterocycles. The molecule has 0 radical (unpaired) electrons. The zero-order valence-electron chi connectivity index (χ0n) is 16.8. The molecule has 2 heterocycles. The van der Waals surface area contributed by atoms with Crippen molar-refractivity contribution in [2.45, 2.75) is 39.8 Å². The first-order valence-corrected chi connectivity index (χ1v) is 9.42. The van der Waals surface area contributed by atoms with Crippen LogP contribution in [0.3, 0.4) is 0 Å². The van der Waals surface area contributed by atoms with E-state index >= 15 is 0 Å². The number of fused-ring (bicyclic) bond motifs is 1. The van der Waals surface area contributed by atoms with E-state index in [9.17, 15) is 4.79 Å². The molecule has 0 unspecified atom stereocenters. The second-order valence-corrected chi connectivity index (χ2v) is 8.37. The summed E-state index contributed by atoms with van der Waals surface area (Å²) in [5, 5.41) is 9.14. The third kappa shape index (κ3) is 3.26. The van der Waals surface area contributed by atoms with Crippen LogP contribution in [0.2, 0.25) is 0 Å². The zero-order chi connectivity index (χ0) is 20.1. The molecular formula is C22H25N5O. The molecule has 144 valence electrons. The van der Waals surface area contributed by atoms with Gasteiger partial charge in [-0.2, -0.15) is 4.80 Å². The van der Waals surface area contributed by atoms with E-state index in [2.05, 4.69) is 28.9 Å². The van der Waals surface area contributed by atoms with Crippen LogP contribution in [0.1, 0.15) is 31.9 Å². The van der Waals surface area contributed by atoms with Crippen LogP contribution in [-0.2, 0) is 6.54 Å². The summed E-state index contributed by atoms with van der Waals surface area (Å²) in [5.41, 5.74) is 5.32. The van der Waals surface area contributed by atoms with Gasteiger partial charge in [-0.1, -0.05) is 24.8 Å². The summed E-state index contributed by atoms with van der Waals surface area (Å²) < 4.78 is 0. The first kappa shape index (κ1) is 18.2. The summed E-state index contributed by atoms with van der Waals surface area (Å²) in [6.07, 6.45) is 0. The maximum atomic E-state index is 12.9. The maximum Gasteiger partial charge on any atom is 0.325 e. The molecular weight excluding hydrogens is 350 g/mol. The summed E-state index contributed by atoms with van der Waals surface area (Å²) in [7, 11) is 0. The molecule has 0 bridgehead atoms. The third-order valence-corrected chi connectivity index (χ3v) is 4.84. The third-order valence-electron chi connectivity index (χ3n) is 4.84. The van der Waals surface area contributed by atoms with Gasteiger partial charge in [-0.25, -0.2) is 4.79 Å². The Morgan fingerprint density at radius 2 is 1.71 bits per heavy atom. The Labute approximate surface area is 165 Å². The van der Waals surface area contributed by atoms with Gasteiger partial charge in [0.25, 0.3) is 0 Å². The molecule has 0 saturated carbocycles. The molecule has 6 nitrogen and oxygen atoms in total. The van der Waals surface area contributed by atoms with Gasteiger partial charge in [0, 0.05) is 17.8 Å². The Morgan fingerprint density at radius 3 is 2.29 bits per heavy atom. The SMILES string of the molecule is C=C1CN(Cc2cc(C)cc(-n3nc4ccccc4n3)c2)C(=O)N1C(C)(C)C. The summed E-state index contributed by atoms with van der Waals surface area (Å²) in [6, 6.07) is 14.0. The minimum Gasteiger partial charge on any atom is -0.314 e. The predicted molar refractivity (Wildman–Crippen MR) is 110 cm³/mol. The number of urea groups is 1. The number of amides is 2. The Kier molecular flexibility index (Phi) is 4.22. The molecule has 4 rings (SSSR count). The van der Waals surface area contributed by atoms with E-state index in [1.165, 1.54) is 0 Å². The molecule has 0 atom stereocenters. The van der Waals surface area contributed by atoms with Crippen LogP contribution < -0.4 is 0 Å². The molecule has 3 aromatic rings. The monoisotopic (exact) mass is 375 g/mol. The summed E-state index contributed by atoms with van der Waals surface area (Å²) >= 11 is 0. The quantitative estimate of drug-likeness (QED) is 0.687. The molecule has 1 aromatic heterocycles. The molecule has 6 heteroatoms. The molecule has 2 aromatic carbocycles. The van der Waals surface area contributed by atoms with Crippen molar-refractivity contribution in [3.63, 3.8) is 0 Å². The van der Waals surface area contributed by atoms with Crippen molar-refractivity contribution in [1.29, 1.82) is 0 Å². The molecule has 2 amide bonds. The fraction of sp³-hybridized carbons (Fsp3) is 0.318. The maximum absolute atomic E-state index is 12.9. The Hall–Kier alpha value is -3.15.